The van der Waals surface area contributed by atoms with Crippen molar-refractivity contribution in [1.29, 1.82) is 0 Å². The minimum Gasteiger partial charge on any atom is -0.396 e. The normalized spacial score (nSPS) is 27.9. The van der Waals surface area contributed by atoms with Crippen LogP contribution in [0.5, 0.6) is 0 Å². The van der Waals surface area contributed by atoms with Gasteiger partial charge in [0.15, 0.2) is 0 Å². The summed E-state index contributed by atoms with van der Waals surface area (Å²) in [5, 5.41) is 12.7. The number of aliphatic hydroxyl groups is 1. The summed E-state index contributed by atoms with van der Waals surface area (Å²) in [6.45, 7) is 5.90. The second-order valence-electron chi connectivity index (χ2n) is 5.44. The molecular weight excluding hydrogens is 198 g/mol. The van der Waals surface area contributed by atoms with Crippen LogP contribution >= 0.6 is 0 Å². The first kappa shape index (κ1) is 14.0. The van der Waals surface area contributed by atoms with Crippen LogP contribution in [-0.4, -0.2) is 24.3 Å². The third kappa shape index (κ3) is 4.84. The number of aliphatic hydroxyl groups excluding tert-OH is 1. The Labute approximate surface area is 101 Å². The Kier molecular flexibility index (Phi) is 7.06. The summed E-state index contributed by atoms with van der Waals surface area (Å²) in [4.78, 5) is 0. The van der Waals surface area contributed by atoms with Crippen LogP contribution in [0, 0.1) is 11.8 Å². The Hall–Kier alpha value is -0.0800. The van der Waals surface area contributed by atoms with E-state index in [1.165, 1.54) is 38.5 Å². The van der Waals surface area contributed by atoms with Gasteiger partial charge in [-0.25, -0.2) is 0 Å². The predicted octanol–water partition coefficient (Wildman–Crippen LogP) is 2.95. The molecule has 3 atom stereocenters. The number of hydrogen-bond donors (Lipinski definition) is 2. The summed E-state index contributed by atoms with van der Waals surface area (Å²) < 4.78 is 0. The number of rotatable bonds is 7. The molecule has 96 valence electrons. The first-order valence-electron chi connectivity index (χ1n) is 7.12. The van der Waals surface area contributed by atoms with Crippen molar-refractivity contribution in [2.75, 3.05) is 13.2 Å². The molecular formula is C14H29NO. The van der Waals surface area contributed by atoms with E-state index in [-0.39, 0.29) is 0 Å². The molecule has 0 bridgehead atoms. The van der Waals surface area contributed by atoms with Gasteiger partial charge in [-0.2, -0.15) is 0 Å². The van der Waals surface area contributed by atoms with Gasteiger partial charge in [0.1, 0.15) is 0 Å². The summed E-state index contributed by atoms with van der Waals surface area (Å²) in [5.41, 5.74) is 0. The molecule has 2 N–H and O–H groups in total. The standard InChI is InChI=1S/C14H29NO/c1-3-13-8-4-5-9-14(13)15-10-6-7-12(2)11-16/h12-16H,3-11H2,1-2H3. The fourth-order valence-electron chi connectivity index (χ4n) is 2.79. The molecule has 1 aliphatic rings. The second kappa shape index (κ2) is 8.08. The fraction of sp³-hybridized carbons (Fsp3) is 1.00. The van der Waals surface area contributed by atoms with Gasteiger partial charge < -0.3 is 10.4 Å². The molecule has 1 fully saturated rings. The Morgan fingerprint density at radius 2 is 2.06 bits per heavy atom. The van der Waals surface area contributed by atoms with E-state index >= 15 is 0 Å². The summed E-state index contributed by atoms with van der Waals surface area (Å²) >= 11 is 0. The van der Waals surface area contributed by atoms with Crippen LogP contribution in [0.4, 0.5) is 0 Å². The van der Waals surface area contributed by atoms with Gasteiger partial charge in [-0.05, 0) is 44.1 Å². The van der Waals surface area contributed by atoms with Crippen LogP contribution in [0.25, 0.3) is 0 Å². The fourth-order valence-corrected chi connectivity index (χ4v) is 2.79. The molecule has 0 aromatic rings. The van der Waals surface area contributed by atoms with E-state index < -0.39 is 0 Å². The van der Waals surface area contributed by atoms with Gasteiger partial charge in [0.25, 0.3) is 0 Å². The van der Waals surface area contributed by atoms with Crippen molar-refractivity contribution in [3.05, 3.63) is 0 Å². The average Bonchev–Trinajstić information content (AvgIpc) is 2.34. The predicted molar refractivity (Wildman–Crippen MR) is 69.5 cm³/mol. The van der Waals surface area contributed by atoms with Gasteiger partial charge in [0.05, 0.1) is 0 Å². The Morgan fingerprint density at radius 3 is 2.75 bits per heavy atom. The van der Waals surface area contributed by atoms with E-state index in [0.29, 0.717) is 12.5 Å². The maximum Gasteiger partial charge on any atom is 0.0456 e. The maximum atomic E-state index is 8.94. The highest BCUT2D eigenvalue weighted by molar-refractivity contribution is 4.79. The Balaban J connectivity index is 2.10. The van der Waals surface area contributed by atoms with Gasteiger partial charge in [-0.1, -0.05) is 33.1 Å². The lowest BCUT2D eigenvalue weighted by atomic mass is 9.83. The van der Waals surface area contributed by atoms with E-state index in [2.05, 4.69) is 19.2 Å². The largest absolute Gasteiger partial charge is 0.396 e. The molecule has 1 aliphatic carbocycles. The third-order valence-electron chi connectivity index (χ3n) is 4.03. The summed E-state index contributed by atoms with van der Waals surface area (Å²) in [6, 6.07) is 0.767. The van der Waals surface area contributed by atoms with Gasteiger partial charge in [0, 0.05) is 12.6 Å². The molecule has 0 saturated heterocycles. The molecule has 0 amide bonds. The third-order valence-corrected chi connectivity index (χ3v) is 4.03. The van der Waals surface area contributed by atoms with E-state index in [9.17, 15) is 0 Å². The first-order valence-corrected chi connectivity index (χ1v) is 7.12. The lowest BCUT2D eigenvalue weighted by Crippen LogP contribution is -2.38. The SMILES string of the molecule is CCC1CCCCC1NCCCC(C)CO. The Bertz CT molecular complexity index is 172. The summed E-state index contributed by atoms with van der Waals surface area (Å²) in [7, 11) is 0. The molecule has 2 nitrogen and oxygen atoms in total. The molecule has 16 heavy (non-hydrogen) atoms. The molecule has 0 radical (unpaired) electrons. The summed E-state index contributed by atoms with van der Waals surface area (Å²) in [5.74, 6) is 1.37. The van der Waals surface area contributed by atoms with Gasteiger partial charge in [0.2, 0.25) is 0 Å². The van der Waals surface area contributed by atoms with Gasteiger partial charge in [-0.3, -0.25) is 0 Å². The molecule has 2 heteroatoms. The van der Waals surface area contributed by atoms with E-state index in [1.807, 2.05) is 0 Å². The lowest BCUT2D eigenvalue weighted by Gasteiger charge is -2.31. The molecule has 1 saturated carbocycles. The van der Waals surface area contributed by atoms with Crippen molar-refractivity contribution in [2.45, 2.75) is 64.8 Å². The van der Waals surface area contributed by atoms with Crippen LogP contribution < -0.4 is 5.32 Å². The van der Waals surface area contributed by atoms with E-state index in [1.54, 1.807) is 0 Å². The average molecular weight is 227 g/mol. The minimum atomic E-state index is 0.334. The highest BCUT2D eigenvalue weighted by Crippen LogP contribution is 2.26. The molecule has 0 aromatic heterocycles. The van der Waals surface area contributed by atoms with Crippen LogP contribution in [0.1, 0.15) is 58.8 Å². The second-order valence-corrected chi connectivity index (χ2v) is 5.44. The summed E-state index contributed by atoms with van der Waals surface area (Å²) in [6.07, 6.45) is 9.29. The van der Waals surface area contributed by atoms with Crippen LogP contribution in [0.15, 0.2) is 0 Å². The van der Waals surface area contributed by atoms with Crippen molar-refractivity contribution in [2.24, 2.45) is 11.8 Å². The Morgan fingerprint density at radius 1 is 1.31 bits per heavy atom. The van der Waals surface area contributed by atoms with Crippen molar-refractivity contribution >= 4 is 0 Å². The van der Waals surface area contributed by atoms with Gasteiger partial charge in [-0.15, -0.1) is 0 Å². The van der Waals surface area contributed by atoms with Crippen molar-refractivity contribution < 1.29 is 5.11 Å². The topological polar surface area (TPSA) is 32.3 Å². The van der Waals surface area contributed by atoms with Crippen LogP contribution in [-0.2, 0) is 0 Å². The smallest absolute Gasteiger partial charge is 0.0456 e. The van der Waals surface area contributed by atoms with Crippen LogP contribution in [0.2, 0.25) is 0 Å². The zero-order valence-corrected chi connectivity index (χ0v) is 11.0. The molecule has 0 aliphatic heterocycles. The number of nitrogens with one attached hydrogen (secondary N) is 1. The lowest BCUT2D eigenvalue weighted by molar-refractivity contribution is 0.222. The molecule has 0 spiro atoms. The zero-order chi connectivity index (χ0) is 11.8. The van der Waals surface area contributed by atoms with Crippen molar-refractivity contribution in [1.82, 2.24) is 5.32 Å². The monoisotopic (exact) mass is 227 g/mol. The van der Waals surface area contributed by atoms with E-state index in [0.717, 1.165) is 24.9 Å². The van der Waals surface area contributed by atoms with Crippen molar-refractivity contribution in [3.8, 4) is 0 Å². The highest BCUT2D eigenvalue weighted by Gasteiger charge is 2.22. The van der Waals surface area contributed by atoms with E-state index in [4.69, 9.17) is 5.11 Å². The minimum absolute atomic E-state index is 0.334. The molecule has 3 unspecified atom stereocenters. The van der Waals surface area contributed by atoms with Gasteiger partial charge >= 0.3 is 0 Å². The maximum absolute atomic E-state index is 8.94. The highest BCUT2D eigenvalue weighted by atomic mass is 16.3. The molecule has 1 rings (SSSR count). The first-order chi connectivity index (χ1) is 7.77. The number of hydrogen-bond acceptors (Lipinski definition) is 2. The van der Waals surface area contributed by atoms with Crippen molar-refractivity contribution in [3.63, 3.8) is 0 Å². The molecule has 0 aromatic carbocycles. The molecule has 0 heterocycles. The quantitative estimate of drug-likeness (QED) is 0.655. The zero-order valence-electron chi connectivity index (χ0n) is 11.0. The van der Waals surface area contributed by atoms with Crippen LogP contribution in [0.3, 0.4) is 0 Å².